The first-order valence-electron chi connectivity index (χ1n) is 10.4. The maximum atomic E-state index is 12.9. The van der Waals surface area contributed by atoms with Crippen LogP contribution in [-0.4, -0.2) is 15.9 Å². The zero-order valence-electron chi connectivity index (χ0n) is 18.1. The summed E-state index contributed by atoms with van der Waals surface area (Å²) in [5.41, 5.74) is 2.73. The number of anilines is 1. The number of amides is 1. The van der Waals surface area contributed by atoms with Crippen molar-refractivity contribution in [3.8, 4) is 17.0 Å². The van der Waals surface area contributed by atoms with E-state index in [4.69, 9.17) is 4.74 Å². The Kier molecular flexibility index (Phi) is 6.58. The molecule has 0 saturated heterocycles. The zero-order valence-corrected chi connectivity index (χ0v) is 18.1. The normalized spacial score (nSPS) is 11.2. The summed E-state index contributed by atoms with van der Waals surface area (Å²) in [7, 11) is 0. The van der Waals surface area contributed by atoms with E-state index in [9.17, 15) is 18.0 Å². The zero-order chi connectivity index (χ0) is 24.1. The lowest BCUT2D eigenvalue weighted by molar-refractivity contribution is -0.137. The lowest BCUT2D eigenvalue weighted by Gasteiger charge is -2.12. The molecule has 2 aromatic heterocycles. The second-order valence-electron chi connectivity index (χ2n) is 7.52. The number of hydrogen-bond acceptors (Lipinski definition) is 4. The highest BCUT2D eigenvalue weighted by atomic mass is 19.4. The van der Waals surface area contributed by atoms with Gasteiger partial charge < -0.3 is 10.1 Å². The van der Waals surface area contributed by atoms with E-state index in [1.54, 1.807) is 36.4 Å². The number of aromatic nitrogens is 2. The molecule has 4 aromatic rings. The summed E-state index contributed by atoms with van der Waals surface area (Å²) in [5.74, 6) is -0.0265. The van der Waals surface area contributed by atoms with Crippen LogP contribution < -0.4 is 10.1 Å². The molecule has 5 nitrogen and oxygen atoms in total. The number of alkyl halides is 3. The number of carbonyl (C=O) groups excluding carboxylic acids is 1. The first-order chi connectivity index (χ1) is 16.3. The molecular formula is C26H20F3N3O2. The van der Waals surface area contributed by atoms with Crippen LogP contribution >= 0.6 is 0 Å². The molecule has 0 spiro atoms. The van der Waals surface area contributed by atoms with E-state index in [2.05, 4.69) is 15.3 Å². The van der Waals surface area contributed by atoms with Gasteiger partial charge >= 0.3 is 6.18 Å². The number of nitrogens with one attached hydrogen (secondary N) is 1. The molecule has 0 saturated carbocycles. The van der Waals surface area contributed by atoms with Gasteiger partial charge in [0, 0.05) is 17.3 Å². The van der Waals surface area contributed by atoms with Gasteiger partial charge in [0.05, 0.1) is 23.1 Å². The Morgan fingerprint density at radius 2 is 1.71 bits per heavy atom. The summed E-state index contributed by atoms with van der Waals surface area (Å²) >= 11 is 0. The summed E-state index contributed by atoms with van der Waals surface area (Å²) in [6, 6.07) is 20.4. The van der Waals surface area contributed by atoms with Crippen LogP contribution in [0.2, 0.25) is 0 Å². The van der Waals surface area contributed by atoms with Gasteiger partial charge in [0.15, 0.2) is 0 Å². The van der Waals surface area contributed by atoms with Gasteiger partial charge in [-0.2, -0.15) is 13.2 Å². The predicted octanol–water partition coefficient (Wildman–Crippen LogP) is 6.30. The van der Waals surface area contributed by atoms with Crippen molar-refractivity contribution in [3.05, 3.63) is 108 Å². The fourth-order valence-corrected chi connectivity index (χ4v) is 3.34. The topological polar surface area (TPSA) is 64.1 Å². The van der Waals surface area contributed by atoms with Crippen LogP contribution in [0.3, 0.4) is 0 Å². The molecule has 0 aliphatic heterocycles. The Balaban J connectivity index is 1.45. The van der Waals surface area contributed by atoms with Crippen LogP contribution in [0.15, 0.2) is 85.1 Å². The first-order valence-corrected chi connectivity index (χ1v) is 10.4. The monoisotopic (exact) mass is 463 g/mol. The maximum Gasteiger partial charge on any atom is 0.416 e. The van der Waals surface area contributed by atoms with Crippen molar-refractivity contribution in [2.75, 3.05) is 5.32 Å². The van der Waals surface area contributed by atoms with Gasteiger partial charge in [-0.1, -0.05) is 36.4 Å². The largest absolute Gasteiger partial charge is 0.471 e. The number of ether oxygens (including phenoxy) is 1. The predicted molar refractivity (Wildman–Crippen MR) is 122 cm³/mol. The summed E-state index contributed by atoms with van der Waals surface area (Å²) in [4.78, 5) is 21.5. The van der Waals surface area contributed by atoms with Crippen LogP contribution in [-0.2, 0) is 12.8 Å². The van der Waals surface area contributed by atoms with E-state index in [1.807, 2.05) is 25.1 Å². The van der Waals surface area contributed by atoms with Crippen LogP contribution in [0, 0.1) is 6.92 Å². The Labute approximate surface area is 194 Å². The van der Waals surface area contributed by atoms with Gasteiger partial charge in [-0.3, -0.25) is 9.78 Å². The molecule has 0 fully saturated rings. The lowest BCUT2D eigenvalue weighted by atomic mass is 9.98. The average Bonchev–Trinajstić information content (AvgIpc) is 2.83. The maximum absolute atomic E-state index is 12.9. The molecule has 0 aliphatic carbocycles. The molecule has 4 rings (SSSR count). The van der Waals surface area contributed by atoms with Gasteiger partial charge in [-0.15, -0.1) is 0 Å². The second-order valence-corrected chi connectivity index (χ2v) is 7.52. The van der Waals surface area contributed by atoms with Crippen molar-refractivity contribution in [2.45, 2.75) is 19.7 Å². The van der Waals surface area contributed by atoms with E-state index in [0.717, 1.165) is 23.5 Å². The SMILES string of the molecule is Cc1cccc(COc2ccc(NC(=O)c3ccccc3-c3ccc(C(F)(F)F)cc3)cn2)n1. The molecule has 0 radical (unpaired) electrons. The lowest BCUT2D eigenvalue weighted by Crippen LogP contribution is -2.13. The van der Waals surface area contributed by atoms with Crippen molar-refractivity contribution in [1.82, 2.24) is 9.97 Å². The highest BCUT2D eigenvalue weighted by Crippen LogP contribution is 2.32. The highest BCUT2D eigenvalue weighted by molar-refractivity contribution is 6.08. The molecule has 2 aromatic carbocycles. The third kappa shape index (κ3) is 5.58. The van der Waals surface area contributed by atoms with Crippen LogP contribution in [0.5, 0.6) is 5.88 Å². The Bertz CT molecular complexity index is 1290. The Hall–Kier alpha value is -4.20. The third-order valence-corrected chi connectivity index (χ3v) is 5.00. The fourth-order valence-electron chi connectivity index (χ4n) is 3.34. The summed E-state index contributed by atoms with van der Waals surface area (Å²) in [6.45, 7) is 2.16. The summed E-state index contributed by atoms with van der Waals surface area (Å²) in [6.07, 6.45) is -2.95. The van der Waals surface area contributed by atoms with E-state index in [1.165, 1.54) is 18.3 Å². The van der Waals surface area contributed by atoms with Gasteiger partial charge in [0.2, 0.25) is 5.88 Å². The molecule has 172 valence electrons. The standard InChI is InChI=1S/C26H20F3N3O2/c1-17-5-4-6-21(31-17)16-34-24-14-13-20(15-30-24)32-25(33)23-8-3-2-7-22(23)18-9-11-19(12-10-18)26(27,28)29/h2-15H,16H2,1H3,(H,32,33). The number of benzene rings is 2. The fraction of sp³-hybridized carbons (Fsp3) is 0.115. The smallest absolute Gasteiger partial charge is 0.416 e. The number of aryl methyl sites for hydroxylation is 1. The van der Waals surface area contributed by atoms with E-state index in [-0.39, 0.29) is 6.61 Å². The van der Waals surface area contributed by atoms with Crippen molar-refractivity contribution >= 4 is 11.6 Å². The molecule has 0 unspecified atom stereocenters. The van der Waals surface area contributed by atoms with Crippen molar-refractivity contribution in [3.63, 3.8) is 0 Å². The average molecular weight is 463 g/mol. The second kappa shape index (κ2) is 9.74. The number of carbonyl (C=O) groups is 1. The molecule has 0 atom stereocenters. The molecule has 0 aliphatic rings. The van der Waals surface area contributed by atoms with Crippen LogP contribution in [0.25, 0.3) is 11.1 Å². The number of nitrogens with zero attached hydrogens (tertiary/aromatic N) is 2. The van der Waals surface area contributed by atoms with Crippen LogP contribution in [0.1, 0.15) is 27.3 Å². The molecule has 0 bridgehead atoms. The minimum Gasteiger partial charge on any atom is -0.471 e. The first kappa shape index (κ1) is 23.0. The molecule has 34 heavy (non-hydrogen) atoms. The van der Waals surface area contributed by atoms with Crippen molar-refractivity contribution < 1.29 is 22.7 Å². The Morgan fingerprint density at radius 3 is 2.38 bits per heavy atom. The minimum absolute atomic E-state index is 0.265. The number of rotatable bonds is 6. The van der Waals surface area contributed by atoms with E-state index < -0.39 is 17.6 Å². The molecule has 2 heterocycles. The number of pyridine rings is 2. The van der Waals surface area contributed by atoms with Gasteiger partial charge in [0.25, 0.3) is 5.91 Å². The molecule has 8 heteroatoms. The van der Waals surface area contributed by atoms with E-state index >= 15 is 0 Å². The third-order valence-electron chi connectivity index (χ3n) is 5.00. The number of halogens is 3. The van der Waals surface area contributed by atoms with Crippen molar-refractivity contribution in [1.29, 1.82) is 0 Å². The highest BCUT2D eigenvalue weighted by Gasteiger charge is 2.30. The molecule has 1 N–H and O–H groups in total. The van der Waals surface area contributed by atoms with Crippen LogP contribution in [0.4, 0.5) is 18.9 Å². The summed E-state index contributed by atoms with van der Waals surface area (Å²) < 4.78 is 44.2. The number of hydrogen-bond donors (Lipinski definition) is 1. The molecule has 1 amide bonds. The minimum atomic E-state index is -4.42. The molecular weight excluding hydrogens is 443 g/mol. The van der Waals surface area contributed by atoms with Gasteiger partial charge in [-0.25, -0.2) is 4.98 Å². The van der Waals surface area contributed by atoms with Gasteiger partial charge in [0.1, 0.15) is 6.61 Å². The van der Waals surface area contributed by atoms with Gasteiger partial charge in [-0.05, 0) is 54.4 Å². The van der Waals surface area contributed by atoms with E-state index in [0.29, 0.717) is 28.3 Å². The summed E-state index contributed by atoms with van der Waals surface area (Å²) in [5, 5.41) is 2.76. The Morgan fingerprint density at radius 1 is 0.941 bits per heavy atom. The quantitative estimate of drug-likeness (QED) is 0.364. The van der Waals surface area contributed by atoms with Crippen molar-refractivity contribution in [2.24, 2.45) is 0 Å².